The number of benzene rings is 1. The van der Waals surface area contributed by atoms with Crippen LogP contribution in [0.4, 0.5) is 0 Å². The number of hydrogen-bond acceptors (Lipinski definition) is 2. The molecular weight excluding hydrogens is 210 g/mol. The molecule has 0 aliphatic carbocycles. The van der Waals surface area contributed by atoms with Crippen molar-refractivity contribution in [2.75, 3.05) is 0 Å². The summed E-state index contributed by atoms with van der Waals surface area (Å²) >= 11 is 0. The first kappa shape index (κ1) is 11.9. The molecule has 0 amide bonds. The number of hydrogen-bond donors (Lipinski definition) is 1. The van der Waals surface area contributed by atoms with E-state index < -0.39 is 0 Å². The van der Waals surface area contributed by atoms with Gasteiger partial charge in [0.25, 0.3) is 0 Å². The molecule has 2 aromatic rings. The topological polar surface area (TPSA) is 43.8 Å². The van der Waals surface area contributed by atoms with E-state index in [9.17, 15) is 0 Å². The molecule has 1 heterocycles. The molecule has 17 heavy (non-hydrogen) atoms. The van der Waals surface area contributed by atoms with Crippen molar-refractivity contribution in [3.05, 3.63) is 54.1 Å². The third kappa shape index (κ3) is 2.74. The molecule has 2 N–H and O–H groups in total. The molecule has 0 bridgehead atoms. The molecular formula is C14H19N3. The third-order valence-electron chi connectivity index (χ3n) is 3.01. The number of imidazole rings is 1. The summed E-state index contributed by atoms with van der Waals surface area (Å²) in [5, 5.41) is 0. The fourth-order valence-electron chi connectivity index (χ4n) is 2.09. The van der Waals surface area contributed by atoms with Crippen molar-refractivity contribution >= 4 is 0 Å². The standard InChI is InChI=1S/C14H19N3/c1-11(8-13-6-4-3-5-7-13)17-10-16-9-14(17)12(2)15/h3-7,9-12H,8,15H2,1-2H3/t11?,12-/m1/s1. The zero-order valence-corrected chi connectivity index (χ0v) is 10.4. The Bertz CT molecular complexity index is 459. The van der Waals surface area contributed by atoms with Crippen molar-refractivity contribution in [2.45, 2.75) is 32.4 Å². The lowest BCUT2D eigenvalue weighted by Crippen LogP contribution is -2.16. The average Bonchev–Trinajstić information content (AvgIpc) is 2.79. The molecule has 3 nitrogen and oxygen atoms in total. The fourth-order valence-corrected chi connectivity index (χ4v) is 2.09. The highest BCUT2D eigenvalue weighted by Crippen LogP contribution is 2.18. The van der Waals surface area contributed by atoms with Gasteiger partial charge in [-0.25, -0.2) is 4.98 Å². The van der Waals surface area contributed by atoms with Crippen molar-refractivity contribution in [2.24, 2.45) is 5.73 Å². The highest BCUT2D eigenvalue weighted by Gasteiger charge is 2.12. The zero-order chi connectivity index (χ0) is 12.3. The molecule has 2 atom stereocenters. The monoisotopic (exact) mass is 229 g/mol. The van der Waals surface area contributed by atoms with Gasteiger partial charge in [-0.3, -0.25) is 0 Å². The van der Waals surface area contributed by atoms with Gasteiger partial charge in [0.15, 0.2) is 0 Å². The van der Waals surface area contributed by atoms with Crippen LogP contribution in [0.3, 0.4) is 0 Å². The summed E-state index contributed by atoms with van der Waals surface area (Å²) in [5.74, 6) is 0. The van der Waals surface area contributed by atoms with Crippen LogP contribution in [0.1, 0.15) is 37.2 Å². The van der Waals surface area contributed by atoms with Crippen molar-refractivity contribution in [3.8, 4) is 0 Å². The van der Waals surface area contributed by atoms with E-state index in [-0.39, 0.29) is 6.04 Å². The van der Waals surface area contributed by atoms with Gasteiger partial charge >= 0.3 is 0 Å². The largest absolute Gasteiger partial charge is 0.330 e. The maximum Gasteiger partial charge on any atom is 0.0951 e. The van der Waals surface area contributed by atoms with Gasteiger partial charge in [0.05, 0.1) is 12.0 Å². The van der Waals surface area contributed by atoms with E-state index in [2.05, 4.69) is 40.7 Å². The number of aromatic nitrogens is 2. The highest BCUT2D eigenvalue weighted by atomic mass is 15.1. The van der Waals surface area contributed by atoms with Crippen LogP contribution in [0, 0.1) is 0 Å². The molecule has 0 saturated heterocycles. The van der Waals surface area contributed by atoms with Crippen LogP contribution in [0.15, 0.2) is 42.9 Å². The quantitative estimate of drug-likeness (QED) is 0.876. The van der Waals surface area contributed by atoms with E-state index in [1.807, 2.05) is 25.5 Å². The Hall–Kier alpha value is -1.61. The number of nitrogens with two attached hydrogens (primary N) is 1. The average molecular weight is 229 g/mol. The Morgan fingerprint density at radius 2 is 1.94 bits per heavy atom. The lowest BCUT2D eigenvalue weighted by atomic mass is 10.1. The van der Waals surface area contributed by atoms with E-state index in [1.54, 1.807) is 0 Å². The Morgan fingerprint density at radius 1 is 1.24 bits per heavy atom. The van der Waals surface area contributed by atoms with Gasteiger partial charge in [0.2, 0.25) is 0 Å². The van der Waals surface area contributed by atoms with Gasteiger partial charge in [0.1, 0.15) is 0 Å². The molecule has 0 spiro atoms. The molecule has 0 aliphatic rings. The van der Waals surface area contributed by atoms with Gasteiger partial charge in [0, 0.05) is 18.3 Å². The number of rotatable bonds is 4. The summed E-state index contributed by atoms with van der Waals surface area (Å²) < 4.78 is 2.16. The van der Waals surface area contributed by atoms with Crippen molar-refractivity contribution < 1.29 is 0 Å². The SMILES string of the molecule is CC(Cc1ccccc1)n1cncc1[C@@H](C)N. The molecule has 0 radical (unpaired) electrons. The summed E-state index contributed by atoms with van der Waals surface area (Å²) in [7, 11) is 0. The fraction of sp³-hybridized carbons (Fsp3) is 0.357. The zero-order valence-electron chi connectivity index (χ0n) is 10.4. The molecule has 90 valence electrons. The first-order valence-electron chi connectivity index (χ1n) is 5.99. The predicted molar refractivity (Wildman–Crippen MR) is 69.7 cm³/mol. The van der Waals surface area contributed by atoms with Crippen molar-refractivity contribution in [3.63, 3.8) is 0 Å². The van der Waals surface area contributed by atoms with Gasteiger partial charge < -0.3 is 10.3 Å². The maximum atomic E-state index is 5.93. The van der Waals surface area contributed by atoms with E-state index in [4.69, 9.17) is 5.73 Å². The van der Waals surface area contributed by atoms with Gasteiger partial charge in [-0.2, -0.15) is 0 Å². The van der Waals surface area contributed by atoms with Crippen molar-refractivity contribution in [1.29, 1.82) is 0 Å². The molecule has 1 unspecified atom stereocenters. The van der Waals surface area contributed by atoms with Crippen LogP contribution >= 0.6 is 0 Å². The van der Waals surface area contributed by atoms with Crippen LogP contribution in [0.5, 0.6) is 0 Å². The van der Waals surface area contributed by atoms with Gasteiger partial charge in [-0.1, -0.05) is 30.3 Å². The highest BCUT2D eigenvalue weighted by molar-refractivity contribution is 5.16. The van der Waals surface area contributed by atoms with Crippen LogP contribution in [-0.4, -0.2) is 9.55 Å². The summed E-state index contributed by atoms with van der Waals surface area (Å²) in [6.07, 6.45) is 4.72. The summed E-state index contributed by atoms with van der Waals surface area (Å²) in [6, 6.07) is 10.9. The second-order valence-electron chi connectivity index (χ2n) is 4.55. The van der Waals surface area contributed by atoms with Gasteiger partial charge in [-0.15, -0.1) is 0 Å². The lowest BCUT2D eigenvalue weighted by molar-refractivity contribution is 0.510. The molecule has 0 aliphatic heterocycles. The van der Waals surface area contributed by atoms with Crippen LogP contribution < -0.4 is 5.73 Å². The molecule has 2 rings (SSSR count). The minimum atomic E-state index is 0.0238. The Labute approximate surface area is 102 Å². The molecule has 0 saturated carbocycles. The van der Waals surface area contributed by atoms with E-state index in [1.165, 1.54) is 5.56 Å². The maximum absolute atomic E-state index is 5.93. The Kier molecular flexibility index (Phi) is 3.59. The molecule has 0 fully saturated rings. The first-order chi connectivity index (χ1) is 8.18. The third-order valence-corrected chi connectivity index (χ3v) is 3.01. The Morgan fingerprint density at radius 3 is 2.59 bits per heavy atom. The lowest BCUT2D eigenvalue weighted by Gasteiger charge is -2.18. The van der Waals surface area contributed by atoms with E-state index in [0.29, 0.717) is 6.04 Å². The van der Waals surface area contributed by atoms with E-state index in [0.717, 1.165) is 12.1 Å². The normalized spacial score (nSPS) is 14.5. The minimum absolute atomic E-state index is 0.0238. The molecule has 1 aromatic carbocycles. The van der Waals surface area contributed by atoms with Crippen LogP contribution in [0.25, 0.3) is 0 Å². The summed E-state index contributed by atoms with van der Waals surface area (Å²) in [6.45, 7) is 4.18. The minimum Gasteiger partial charge on any atom is -0.330 e. The Balaban J connectivity index is 2.15. The van der Waals surface area contributed by atoms with Crippen LogP contribution in [0.2, 0.25) is 0 Å². The number of nitrogens with zero attached hydrogens (tertiary/aromatic N) is 2. The first-order valence-corrected chi connectivity index (χ1v) is 5.99. The second-order valence-corrected chi connectivity index (χ2v) is 4.55. The van der Waals surface area contributed by atoms with Crippen molar-refractivity contribution in [1.82, 2.24) is 9.55 Å². The predicted octanol–water partition coefficient (Wildman–Crippen LogP) is 2.71. The summed E-state index contributed by atoms with van der Waals surface area (Å²) in [4.78, 5) is 4.19. The second kappa shape index (κ2) is 5.15. The molecule has 1 aromatic heterocycles. The molecule has 3 heteroatoms. The summed E-state index contributed by atoms with van der Waals surface area (Å²) in [5.41, 5.74) is 8.36. The van der Waals surface area contributed by atoms with E-state index >= 15 is 0 Å². The van der Waals surface area contributed by atoms with Crippen LogP contribution in [-0.2, 0) is 6.42 Å². The smallest absolute Gasteiger partial charge is 0.0951 e. The van der Waals surface area contributed by atoms with Gasteiger partial charge in [-0.05, 0) is 25.8 Å².